The number of aliphatic hydroxyl groups excluding tert-OH is 1. The van der Waals surface area contributed by atoms with Crippen LogP contribution in [0.15, 0.2) is 30.4 Å². The normalized spacial score (nSPS) is 33.5. The van der Waals surface area contributed by atoms with Crippen molar-refractivity contribution in [2.24, 2.45) is 11.8 Å². The van der Waals surface area contributed by atoms with Gasteiger partial charge in [0, 0.05) is 13.0 Å². The van der Waals surface area contributed by atoms with Crippen molar-refractivity contribution in [3.8, 4) is 6.07 Å². The van der Waals surface area contributed by atoms with Gasteiger partial charge >= 0.3 is 6.18 Å². The maximum Gasteiger partial charge on any atom is 0.417 e. The Morgan fingerprint density at radius 3 is 2.54 bits per heavy atom. The lowest BCUT2D eigenvalue weighted by molar-refractivity contribution is -0.138. The molecule has 0 radical (unpaired) electrons. The van der Waals surface area contributed by atoms with Gasteiger partial charge < -0.3 is 9.84 Å². The summed E-state index contributed by atoms with van der Waals surface area (Å²) < 4.78 is 45.8. The number of fused-ring (bicyclic) bond motifs is 5. The summed E-state index contributed by atoms with van der Waals surface area (Å²) in [5.74, 6) is -3.14. The molecule has 0 saturated carbocycles. The van der Waals surface area contributed by atoms with E-state index in [-0.39, 0.29) is 18.7 Å². The Morgan fingerprint density at radius 2 is 1.93 bits per heavy atom. The average Bonchev–Trinajstić information content (AvgIpc) is 3.19. The van der Waals surface area contributed by atoms with Crippen molar-refractivity contribution in [1.82, 2.24) is 0 Å². The Hall–Kier alpha value is -2.70. The number of alkyl halides is 3. The highest BCUT2D eigenvalue weighted by Crippen LogP contribution is 2.59. The molecule has 28 heavy (non-hydrogen) atoms. The standard InChI is InChI=1S/C19H15F3N2O4/c1-17-4-5-18(28-17,6-7-25)14-13(17)15(26)24(16(14)27)11-3-2-10(9-23)12(8-11)19(20,21)22/h2-5,8,13-14,25H,6-7H2,1H3/t13-,14+,17?,18?/m1/s1. The number of carbonyl (C=O) groups excluding carboxylic acids is 2. The summed E-state index contributed by atoms with van der Waals surface area (Å²) in [5, 5.41) is 18.3. The van der Waals surface area contributed by atoms with Crippen LogP contribution in [-0.2, 0) is 20.5 Å². The number of anilines is 1. The fraction of sp³-hybridized carbons (Fsp3) is 0.421. The molecule has 9 heteroatoms. The van der Waals surface area contributed by atoms with Crippen LogP contribution in [-0.4, -0.2) is 34.7 Å². The van der Waals surface area contributed by atoms with Crippen LogP contribution >= 0.6 is 0 Å². The first kappa shape index (κ1) is 18.7. The summed E-state index contributed by atoms with van der Waals surface area (Å²) >= 11 is 0. The second kappa shape index (κ2) is 5.65. The second-order valence-electron chi connectivity index (χ2n) is 7.35. The highest BCUT2D eigenvalue weighted by Gasteiger charge is 2.71. The third-order valence-corrected chi connectivity index (χ3v) is 5.75. The largest absolute Gasteiger partial charge is 0.417 e. The summed E-state index contributed by atoms with van der Waals surface area (Å²) in [5.41, 5.74) is -4.27. The van der Waals surface area contributed by atoms with E-state index in [2.05, 4.69) is 0 Å². The number of ether oxygens (including phenoxy) is 1. The molecular weight excluding hydrogens is 377 g/mol. The van der Waals surface area contributed by atoms with Gasteiger partial charge in [0.15, 0.2) is 0 Å². The number of aliphatic hydroxyl groups is 1. The van der Waals surface area contributed by atoms with Gasteiger partial charge in [-0.25, -0.2) is 4.90 Å². The number of carbonyl (C=O) groups is 2. The van der Waals surface area contributed by atoms with Crippen molar-refractivity contribution in [3.05, 3.63) is 41.5 Å². The highest BCUT2D eigenvalue weighted by atomic mass is 19.4. The third kappa shape index (κ3) is 2.28. The lowest BCUT2D eigenvalue weighted by Crippen LogP contribution is -2.41. The Balaban J connectivity index is 1.80. The van der Waals surface area contributed by atoms with Crippen LogP contribution in [0.1, 0.15) is 24.5 Å². The van der Waals surface area contributed by atoms with Gasteiger partial charge in [0.1, 0.15) is 5.60 Å². The molecule has 3 heterocycles. The molecule has 2 fully saturated rings. The first-order chi connectivity index (χ1) is 13.1. The number of amides is 2. The molecule has 1 aromatic carbocycles. The van der Waals surface area contributed by atoms with Crippen molar-refractivity contribution in [2.45, 2.75) is 30.7 Å². The van der Waals surface area contributed by atoms with Crippen molar-refractivity contribution >= 4 is 17.5 Å². The van der Waals surface area contributed by atoms with Crippen LogP contribution in [0.2, 0.25) is 0 Å². The van der Waals surface area contributed by atoms with Gasteiger partial charge in [-0.3, -0.25) is 9.59 Å². The summed E-state index contributed by atoms with van der Waals surface area (Å²) in [6, 6.07) is 4.21. The van der Waals surface area contributed by atoms with Gasteiger partial charge in [0.25, 0.3) is 0 Å². The Labute approximate surface area is 157 Å². The van der Waals surface area contributed by atoms with Crippen molar-refractivity contribution < 1.29 is 32.6 Å². The zero-order valence-corrected chi connectivity index (χ0v) is 14.7. The van der Waals surface area contributed by atoms with E-state index in [0.717, 1.165) is 17.0 Å². The first-order valence-corrected chi connectivity index (χ1v) is 8.58. The zero-order chi connectivity index (χ0) is 20.5. The molecular formula is C19H15F3N2O4. The van der Waals surface area contributed by atoms with Crippen molar-refractivity contribution in [2.75, 3.05) is 11.5 Å². The molecule has 0 aliphatic carbocycles. The van der Waals surface area contributed by atoms with E-state index in [0.29, 0.717) is 6.07 Å². The zero-order valence-electron chi connectivity index (χ0n) is 14.7. The highest BCUT2D eigenvalue weighted by molar-refractivity contribution is 6.23. The topological polar surface area (TPSA) is 90.6 Å². The van der Waals surface area contributed by atoms with Crippen LogP contribution in [0.25, 0.3) is 0 Å². The Bertz CT molecular complexity index is 967. The minimum atomic E-state index is -4.81. The van der Waals surface area contributed by atoms with Crippen LogP contribution < -0.4 is 4.90 Å². The Morgan fingerprint density at radius 1 is 1.25 bits per heavy atom. The molecule has 2 amide bonds. The maximum absolute atomic E-state index is 13.3. The molecule has 2 unspecified atom stereocenters. The molecule has 1 N–H and O–H groups in total. The van der Waals surface area contributed by atoms with E-state index < -0.39 is 52.2 Å². The number of rotatable bonds is 3. The summed E-state index contributed by atoms with van der Waals surface area (Å²) in [6.07, 6.45) is -1.40. The number of halogens is 3. The van der Waals surface area contributed by atoms with Gasteiger partial charge in [0.2, 0.25) is 11.8 Å². The fourth-order valence-corrected chi connectivity index (χ4v) is 4.58. The molecule has 2 bridgehead atoms. The third-order valence-electron chi connectivity index (χ3n) is 5.75. The summed E-state index contributed by atoms with van der Waals surface area (Å²) in [6.45, 7) is 1.36. The second-order valence-corrected chi connectivity index (χ2v) is 7.35. The van der Waals surface area contributed by atoms with Gasteiger partial charge in [-0.2, -0.15) is 18.4 Å². The van der Waals surface area contributed by atoms with Gasteiger partial charge in [0.05, 0.1) is 40.3 Å². The number of benzene rings is 1. The molecule has 0 spiro atoms. The Kier molecular flexibility index (Phi) is 3.77. The summed E-state index contributed by atoms with van der Waals surface area (Å²) in [7, 11) is 0. The van der Waals surface area contributed by atoms with E-state index in [4.69, 9.17) is 10.00 Å². The van der Waals surface area contributed by atoms with Crippen LogP contribution in [0, 0.1) is 23.2 Å². The smallest absolute Gasteiger partial charge is 0.396 e. The molecule has 146 valence electrons. The number of imide groups is 1. The van der Waals surface area contributed by atoms with E-state index >= 15 is 0 Å². The summed E-state index contributed by atoms with van der Waals surface area (Å²) in [4.78, 5) is 26.9. The lowest BCUT2D eigenvalue weighted by atomic mass is 9.71. The first-order valence-electron chi connectivity index (χ1n) is 8.58. The number of nitrogens with zero attached hydrogens (tertiary/aromatic N) is 2. The van der Waals surface area contributed by atoms with Crippen molar-refractivity contribution in [3.63, 3.8) is 0 Å². The predicted molar refractivity (Wildman–Crippen MR) is 88.7 cm³/mol. The molecule has 2 saturated heterocycles. The van der Waals surface area contributed by atoms with Crippen LogP contribution in [0.5, 0.6) is 0 Å². The van der Waals surface area contributed by atoms with E-state index in [9.17, 15) is 27.9 Å². The number of hydrogen-bond acceptors (Lipinski definition) is 5. The van der Waals surface area contributed by atoms with E-state index in [1.165, 1.54) is 6.07 Å². The predicted octanol–water partition coefficient (Wildman–Crippen LogP) is 2.16. The SMILES string of the molecule is CC12C=CC(CCO)(O1)[C@@H]1C(=O)N(c3ccc(C#N)c(C(F)(F)F)c3)C(=O)[C@@H]12. The lowest BCUT2D eigenvalue weighted by Gasteiger charge is -2.28. The number of nitriles is 1. The van der Waals surface area contributed by atoms with Gasteiger partial charge in [-0.05, 0) is 25.1 Å². The van der Waals surface area contributed by atoms with E-state index in [1.807, 2.05) is 0 Å². The van der Waals surface area contributed by atoms with Crippen LogP contribution in [0.3, 0.4) is 0 Å². The molecule has 4 rings (SSSR count). The molecule has 4 atom stereocenters. The number of hydrogen-bond donors (Lipinski definition) is 1. The van der Waals surface area contributed by atoms with Crippen LogP contribution in [0.4, 0.5) is 18.9 Å². The average molecular weight is 392 g/mol. The quantitative estimate of drug-likeness (QED) is 0.629. The molecule has 3 aliphatic heterocycles. The molecule has 6 nitrogen and oxygen atoms in total. The minimum absolute atomic E-state index is 0.0916. The maximum atomic E-state index is 13.3. The minimum Gasteiger partial charge on any atom is -0.396 e. The van der Waals surface area contributed by atoms with Gasteiger partial charge in [-0.15, -0.1) is 0 Å². The fourth-order valence-electron chi connectivity index (χ4n) is 4.58. The van der Waals surface area contributed by atoms with Gasteiger partial charge in [-0.1, -0.05) is 12.2 Å². The van der Waals surface area contributed by atoms with E-state index in [1.54, 1.807) is 19.1 Å². The monoisotopic (exact) mass is 392 g/mol. The van der Waals surface area contributed by atoms with Crippen molar-refractivity contribution in [1.29, 1.82) is 5.26 Å². The molecule has 0 aromatic heterocycles. The molecule has 1 aromatic rings. The molecule has 3 aliphatic rings.